The second-order valence-corrected chi connectivity index (χ2v) is 11.2. The van der Waals surface area contributed by atoms with E-state index >= 15 is 0 Å². The van der Waals surface area contributed by atoms with Gasteiger partial charge in [-0.15, -0.1) is 5.10 Å². The van der Waals surface area contributed by atoms with E-state index in [9.17, 15) is 0 Å². The van der Waals surface area contributed by atoms with Gasteiger partial charge >= 0.3 is 0 Å². The topological polar surface area (TPSA) is 30.7 Å². The van der Waals surface area contributed by atoms with Crippen molar-refractivity contribution in [1.82, 2.24) is 15.0 Å². The zero-order chi connectivity index (χ0) is 12.5. The highest BCUT2D eigenvalue weighted by atomic mass is 28.3. The van der Waals surface area contributed by atoms with Crippen molar-refractivity contribution in [2.45, 2.75) is 32.2 Å². The molecule has 2 aromatic rings. The molecule has 0 bridgehead atoms. The Bertz CT molecular complexity index is 537. The van der Waals surface area contributed by atoms with E-state index in [1.54, 1.807) is 0 Å². The highest BCUT2D eigenvalue weighted by molar-refractivity contribution is 6.76. The van der Waals surface area contributed by atoms with Gasteiger partial charge in [0.2, 0.25) is 0 Å². The van der Waals surface area contributed by atoms with Crippen molar-refractivity contribution >= 4 is 19.1 Å². The van der Waals surface area contributed by atoms with Crippen LogP contribution in [0.5, 0.6) is 0 Å². The van der Waals surface area contributed by atoms with Gasteiger partial charge in [-0.25, -0.2) is 4.68 Å². The lowest BCUT2D eigenvalue weighted by molar-refractivity contribution is 0.662. The lowest BCUT2D eigenvalue weighted by Gasteiger charge is -2.17. The van der Waals surface area contributed by atoms with Gasteiger partial charge < -0.3 is 0 Å². The van der Waals surface area contributed by atoms with E-state index in [2.05, 4.69) is 42.6 Å². The molecule has 0 aliphatic carbocycles. The molecule has 0 fully saturated rings. The van der Waals surface area contributed by atoms with E-state index in [4.69, 9.17) is 0 Å². The molecule has 1 aromatic carbocycles. The zero-order valence-electron chi connectivity index (χ0n) is 10.8. The first-order valence-electron chi connectivity index (χ1n) is 5.91. The van der Waals surface area contributed by atoms with Gasteiger partial charge in [0.15, 0.2) is 0 Å². The minimum atomic E-state index is -1.08. The predicted octanol–water partition coefficient (Wildman–Crippen LogP) is 3.33. The first-order valence-corrected chi connectivity index (χ1v) is 9.61. The molecule has 0 N–H and O–H groups in total. The van der Waals surface area contributed by atoms with Crippen molar-refractivity contribution in [3.05, 3.63) is 36.4 Å². The fourth-order valence-corrected chi connectivity index (χ4v) is 3.66. The first kappa shape index (κ1) is 12.0. The summed E-state index contributed by atoms with van der Waals surface area (Å²) in [5, 5.41) is 8.34. The molecule has 0 unspecified atom stereocenters. The highest BCUT2D eigenvalue weighted by Gasteiger charge is 2.15. The Kier molecular flexibility index (Phi) is 3.15. The molecule has 90 valence electrons. The van der Waals surface area contributed by atoms with Crippen LogP contribution in [0.2, 0.25) is 25.7 Å². The number of rotatable bonds is 4. The van der Waals surface area contributed by atoms with Gasteiger partial charge in [-0.2, -0.15) is 0 Å². The maximum Gasteiger partial charge on any atom is 0.113 e. The van der Waals surface area contributed by atoms with E-state index in [-0.39, 0.29) is 0 Å². The molecule has 0 aliphatic heterocycles. The van der Waals surface area contributed by atoms with Crippen molar-refractivity contribution in [1.29, 1.82) is 0 Å². The largest absolute Gasteiger partial charge is 0.241 e. The van der Waals surface area contributed by atoms with Crippen LogP contribution in [0, 0.1) is 0 Å². The summed E-state index contributed by atoms with van der Waals surface area (Å²) in [4.78, 5) is 0. The van der Waals surface area contributed by atoms with Crippen LogP contribution < -0.4 is 0 Å². The summed E-state index contributed by atoms with van der Waals surface area (Å²) in [6.07, 6.45) is 0. The maximum absolute atomic E-state index is 4.19. The molecule has 0 atom stereocenters. The molecule has 17 heavy (non-hydrogen) atoms. The van der Waals surface area contributed by atoms with E-state index in [0.717, 1.165) is 23.6 Å². The standard InChI is InChI=1S/C13H19N3Si/c1-11(10-17(2,3)4)9-16-13-8-6-5-7-12(13)14-15-16/h5-8H,1,9-10H2,2-4H3. The third-order valence-corrected chi connectivity index (χ3v) is 4.13. The van der Waals surface area contributed by atoms with Gasteiger partial charge in [0, 0.05) is 8.07 Å². The van der Waals surface area contributed by atoms with Crippen LogP contribution in [0.15, 0.2) is 36.4 Å². The van der Waals surface area contributed by atoms with Crippen molar-refractivity contribution in [3.63, 3.8) is 0 Å². The summed E-state index contributed by atoms with van der Waals surface area (Å²) in [7, 11) is -1.08. The quantitative estimate of drug-likeness (QED) is 0.611. The molecule has 0 radical (unpaired) electrons. The van der Waals surface area contributed by atoms with Crippen LogP contribution in [0.4, 0.5) is 0 Å². The summed E-state index contributed by atoms with van der Waals surface area (Å²) in [5.41, 5.74) is 3.29. The van der Waals surface area contributed by atoms with Crippen molar-refractivity contribution in [2.24, 2.45) is 0 Å². The average Bonchev–Trinajstić information content (AvgIpc) is 2.59. The number of hydrogen-bond donors (Lipinski definition) is 0. The minimum absolute atomic E-state index is 0.783. The van der Waals surface area contributed by atoms with Crippen LogP contribution in [0.3, 0.4) is 0 Å². The van der Waals surface area contributed by atoms with Gasteiger partial charge in [0.25, 0.3) is 0 Å². The van der Waals surface area contributed by atoms with Crippen LogP contribution in [0.25, 0.3) is 11.0 Å². The zero-order valence-corrected chi connectivity index (χ0v) is 11.8. The molecule has 0 saturated heterocycles. The van der Waals surface area contributed by atoms with Gasteiger partial charge in [0.05, 0.1) is 12.1 Å². The lowest BCUT2D eigenvalue weighted by Crippen LogP contribution is -2.21. The predicted molar refractivity (Wildman–Crippen MR) is 74.8 cm³/mol. The minimum Gasteiger partial charge on any atom is -0.241 e. The number of fused-ring (bicyclic) bond motifs is 1. The second-order valence-electron chi connectivity index (χ2n) is 5.72. The molecule has 2 rings (SSSR count). The molecule has 1 heterocycles. The lowest BCUT2D eigenvalue weighted by atomic mass is 10.3. The number of benzene rings is 1. The summed E-state index contributed by atoms with van der Waals surface area (Å²) in [6, 6.07) is 9.18. The number of nitrogens with zero attached hydrogens (tertiary/aromatic N) is 3. The van der Waals surface area contributed by atoms with Gasteiger partial charge in [0.1, 0.15) is 5.52 Å². The van der Waals surface area contributed by atoms with Gasteiger partial charge in [-0.3, -0.25) is 0 Å². The summed E-state index contributed by atoms with van der Waals surface area (Å²) in [5.74, 6) is 0. The number of aromatic nitrogens is 3. The Balaban J connectivity index is 2.16. The number of para-hydroxylation sites is 1. The first-order chi connectivity index (χ1) is 7.96. The fourth-order valence-electron chi connectivity index (χ4n) is 2.05. The molecule has 0 spiro atoms. The fraction of sp³-hybridized carbons (Fsp3) is 0.385. The molecule has 4 heteroatoms. The van der Waals surface area contributed by atoms with Crippen molar-refractivity contribution in [2.75, 3.05) is 0 Å². The van der Waals surface area contributed by atoms with Gasteiger partial charge in [-0.05, 0) is 18.2 Å². The summed E-state index contributed by atoms with van der Waals surface area (Å²) < 4.78 is 1.94. The average molecular weight is 245 g/mol. The monoisotopic (exact) mass is 245 g/mol. The van der Waals surface area contributed by atoms with Crippen LogP contribution in [-0.4, -0.2) is 23.1 Å². The summed E-state index contributed by atoms with van der Waals surface area (Å²) >= 11 is 0. The Labute approximate surface area is 103 Å². The normalized spacial score (nSPS) is 11.9. The molecule has 0 amide bonds. The van der Waals surface area contributed by atoms with E-state index in [1.165, 1.54) is 5.57 Å². The molecule has 0 aliphatic rings. The molecule has 3 nitrogen and oxygen atoms in total. The van der Waals surface area contributed by atoms with Crippen molar-refractivity contribution < 1.29 is 0 Å². The second kappa shape index (κ2) is 4.45. The third kappa shape index (κ3) is 3.03. The van der Waals surface area contributed by atoms with Gasteiger partial charge in [-0.1, -0.05) is 49.1 Å². The number of allylic oxidation sites excluding steroid dienone is 1. The highest BCUT2D eigenvalue weighted by Crippen LogP contribution is 2.18. The third-order valence-electron chi connectivity index (χ3n) is 2.57. The Morgan fingerprint density at radius 3 is 2.71 bits per heavy atom. The Hall–Kier alpha value is -1.42. The van der Waals surface area contributed by atoms with E-state index in [0.29, 0.717) is 0 Å². The molecular weight excluding hydrogens is 226 g/mol. The van der Waals surface area contributed by atoms with E-state index < -0.39 is 8.07 Å². The molecule has 1 aromatic heterocycles. The maximum atomic E-state index is 4.19. The smallest absolute Gasteiger partial charge is 0.113 e. The Morgan fingerprint density at radius 1 is 1.29 bits per heavy atom. The van der Waals surface area contributed by atoms with Crippen LogP contribution >= 0.6 is 0 Å². The van der Waals surface area contributed by atoms with Crippen molar-refractivity contribution in [3.8, 4) is 0 Å². The molecular formula is C13H19N3Si. The summed E-state index contributed by atoms with van der Waals surface area (Å²) in [6.45, 7) is 12.0. The van der Waals surface area contributed by atoms with E-state index in [1.807, 2.05) is 22.9 Å². The van der Waals surface area contributed by atoms with Crippen LogP contribution in [-0.2, 0) is 6.54 Å². The SMILES string of the molecule is C=C(Cn1nnc2ccccc21)C[Si](C)(C)C. The van der Waals surface area contributed by atoms with Crippen LogP contribution in [0.1, 0.15) is 0 Å². The number of hydrogen-bond acceptors (Lipinski definition) is 2. The molecule has 0 saturated carbocycles. The Morgan fingerprint density at radius 2 is 2.00 bits per heavy atom.